The van der Waals surface area contributed by atoms with E-state index in [0.29, 0.717) is 11.4 Å². The number of hydrogen-bond donors (Lipinski definition) is 1. The van der Waals surface area contributed by atoms with E-state index in [-0.39, 0.29) is 23.7 Å². The first-order chi connectivity index (χ1) is 12.4. The molecule has 0 bridgehead atoms. The minimum Gasteiger partial charge on any atom is -0.348 e. The first-order valence-electron chi connectivity index (χ1n) is 9.10. The number of aryl methyl sites for hydroxylation is 1. The summed E-state index contributed by atoms with van der Waals surface area (Å²) in [7, 11) is -1.01. The lowest BCUT2D eigenvalue weighted by Gasteiger charge is -2.35. The lowest BCUT2D eigenvalue weighted by Crippen LogP contribution is -2.48. The molecule has 1 unspecified atom stereocenters. The van der Waals surface area contributed by atoms with Gasteiger partial charge < -0.3 is 5.32 Å². The fraction of sp³-hybridized carbons (Fsp3) is 0.556. The van der Waals surface area contributed by atoms with E-state index in [2.05, 4.69) is 15.3 Å². The Morgan fingerprint density at radius 3 is 2.62 bits per heavy atom. The maximum absolute atomic E-state index is 12.7. The van der Waals surface area contributed by atoms with Gasteiger partial charge in [-0.3, -0.25) is 14.4 Å². The fourth-order valence-electron chi connectivity index (χ4n) is 4.11. The van der Waals surface area contributed by atoms with Crippen molar-refractivity contribution in [3.63, 3.8) is 0 Å². The first-order valence-corrected chi connectivity index (χ1v) is 10.9. The third kappa shape index (κ3) is 3.35. The number of sulfone groups is 1. The van der Waals surface area contributed by atoms with Crippen molar-refractivity contribution >= 4 is 26.6 Å². The van der Waals surface area contributed by atoms with Crippen LogP contribution in [0.25, 0.3) is 10.9 Å². The van der Waals surface area contributed by atoms with Gasteiger partial charge in [-0.1, -0.05) is 18.2 Å². The zero-order valence-corrected chi connectivity index (χ0v) is 15.7. The Morgan fingerprint density at radius 1 is 1.19 bits per heavy atom. The van der Waals surface area contributed by atoms with E-state index in [0.717, 1.165) is 43.3 Å². The molecule has 7 nitrogen and oxygen atoms in total. The van der Waals surface area contributed by atoms with Gasteiger partial charge in [0, 0.05) is 37.6 Å². The van der Waals surface area contributed by atoms with Gasteiger partial charge >= 0.3 is 0 Å². The predicted octanol–water partition coefficient (Wildman–Crippen LogP) is 0.955. The van der Waals surface area contributed by atoms with E-state index in [1.807, 2.05) is 31.3 Å². The summed E-state index contributed by atoms with van der Waals surface area (Å²) in [6.45, 7) is 1.65. The van der Waals surface area contributed by atoms with Gasteiger partial charge in [0.15, 0.2) is 15.5 Å². The van der Waals surface area contributed by atoms with Crippen LogP contribution in [0.2, 0.25) is 0 Å². The van der Waals surface area contributed by atoms with Crippen molar-refractivity contribution in [3.05, 3.63) is 30.0 Å². The van der Waals surface area contributed by atoms with Gasteiger partial charge in [0.05, 0.1) is 17.0 Å². The highest BCUT2D eigenvalue weighted by molar-refractivity contribution is 7.91. The minimum atomic E-state index is -2.85. The average molecular weight is 376 g/mol. The molecule has 1 aromatic carbocycles. The molecule has 2 aliphatic rings. The number of fused-ring (bicyclic) bond motifs is 1. The van der Waals surface area contributed by atoms with Gasteiger partial charge in [-0.2, -0.15) is 5.10 Å². The number of carbonyl (C=O) groups is 1. The van der Waals surface area contributed by atoms with Gasteiger partial charge in [-0.15, -0.1) is 0 Å². The second-order valence-corrected chi connectivity index (χ2v) is 9.56. The summed E-state index contributed by atoms with van der Waals surface area (Å²) in [4.78, 5) is 15.0. The van der Waals surface area contributed by atoms with Crippen LogP contribution in [0.15, 0.2) is 24.3 Å². The second-order valence-electron chi connectivity index (χ2n) is 7.33. The van der Waals surface area contributed by atoms with Crippen LogP contribution in [0.4, 0.5) is 0 Å². The maximum Gasteiger partial charge on any atom is 0.272 e. The van der Waals surface area contributed by atoms with E-state index in [1.165, 1.54) is 0 Å². The van der Waals surface area contributed by atoms with Crippen molar-refractivity contribution in [1.29, 1.82) is 0 Å². The number of likely N-dealkylation sites (tertiary alicyclic amines) is 1. The molecule has 0 spiro atoms. The van der Waals surface area contributed by atoms with Crippen molar-refractivity contribution in [3.8, 4) is 0 Å². The molecule has 3 heterocycles. The number of benzene rings is 1. The molecule has 0 aliphatic carbocycles. The summed E-state index contributed by atoms with van der Waals surface area (Å²) >= 11 is 0. The number of aromatic nitrogens is 2. The second kappa shape index (κ2) is 6.66. The topological polar surface area (TPSA) is 84.3 Å². The molecule has 1 atom stereocenters. The minimum absolute atomic E-state index is 0.109. The lowest BCUT2D eigenvalue weighted by molar-refractivity contribution is 0.0894. The molecule has 2 fully saturated rings. The number of rotatable bonds is 3. The van der Waals surface area contributed by atoms with E-state index in [9.17, 15) is 13.2 Å². The molecule has 26 heavy (non-hydrogen) atoms. The van der Waals surface area contributed by atoms with E-state index in [4.69, 9.17) is 0 Å². The largest absolute Gasteiger partial charge is 0.348 e. The van der Waals surface area contributed by atoms with Gasteiger partial charge in [0.2, 0.25) is 0 Å². The molecular formula is C18H24N4O3S. The smallest absolute Gasteiger partial charge is 0.272 e. The van der Waals surface area contributed by atoms with Crippen molar-refractivity contribution in [1.82, 2.24) is 20.0 Å². The zero-order valence-electron chi connectivity index (χ0n) is 14.9. The van der Waals surface area contributed by atoms with Gasteiger partial charge in [-0.05, 0) is 25.3 Å². The SMILES string of the molecule is Cn1nc(C(=O)NC2CCN(C3CCS(=O)(=O)C3)CC2)c2ccccc21. The Bertz CT molecular complexity index is 929. The highest BCUT2D eigenvalue weighted by Crippen LogP contribution is 2.22. The van der Waals surface area contributed by atoms with Crippen LogP contribution in [0.5, 0.6) is 0 Å². The third-order valence-electron chi connectivity index (χ3n) is 5.56. The van der Waals surface area contributed by atoms with Crippen LogP contribution in [-0.2, 0) is 16.9 Å². The number of hydrogen-bond acceptors (Lipinski definition) is 5. The molecule has 1 N–H and O–H groups in total. The van der Waals surface area contributed by atoms with Crippen molar-refractivity contribution in [2.45, 2.75) is 31.3 Å². The maximum atomic E-state index is 12.7. The van der Waals surface area contributed by atoms with E-state index in [1.54, 1.807) is 4.68 Å². The van der Waals surface area contributed by atoms with Gasteiger partial charge in [0.25, 0.3) is 5.91 Å². The third-order valence-corrected chi connectivity index (χ3v) is 7.31. The Hall–Kier alpha value is -1.93. The Labute approximate surface area is 153 Å². The summed E-state index contributed by atoms with van der Waals surface area (Å²) in [5, 5.41) is 8.35. The molecule has 1 aromatic heterocycles. The predicted molar refractivity (Wildman–Crippen MR) is 99.8 cm³/mol. The summed E-state index contributed by atoms with van der Waals surface area (Å²) < 4.78 is 25.1. The Balaban J connectivity index is 1.38. The number of nitrogens with one attached hydrogen (secondary N) is 1. The Morgan fingerprint density at radius 2 is 1.92 bits per heavy atom. The quantitative estimate of drug-likeness (QED) is 0.862. The molecular weight excluding hydrogens is 352 g/mol. The summed E-state index contributed by atoms with van der Waals surface area (Å²) in [6.07, 6.45) is 2.42. The first kappa shape index (κ1) is 17.5. The Kier molecular flexibility index (Phi) is 4.48. The zero-order chi connectivity index (χ0) is 18.3. The number of amides is 1. The molecule has 2 saturated heterocycles. The highest BCUT2D eigenvalue weighted by atomic mass is 32.2. The van der Waals surface area contributed by atoms with Gasteiger partial charge in [0.1, 0.15) is 0 Å². The summed E-state index contributed by atoms with van der Waals surface area (Å²) in [5.41, 5.74) is 1.40. The standard InChI is InChI=1S/C18H24N4O3S/c1-21-16-5-3-2-4-15(16)17(20-21)18(23)19-13-6-9-22(10-7-13)14-8-11-26(24,25)12-14/h2-5,13-14H,6-12H2,1H3,(H,19,23). The van der Waals surface area contributed by atoms with Crippen LogP contribution in [0, 0.1) is 0 Å². The lowest BCUT2D eigenvalue weighted by atomic mass is 10.0. The fourth-order valence-corrected chi connectivity index (χ4v) is 5.87. The molecule has 0 saturated carbocycles. The number of para-hydroxylation sites is 1. The van der Waals surface area contributed by atoms with Crippen LogP contribution in [0.1, 0.15) is 29.8 Å². The molecule has 2 aliphatic heterocycles. The van der Waals surface area contributed by atoms with Crippen molar-refractivity contribution in [2.24, 2.45) is 7.05 Å². The molecule has 140 valence electrons. The number of carbonyl (C=O) groups excluding carboxylic acids is 1. The molecule has 1 amide bonds. The highest BCUT2D eigenvalue weighted by Gasteiger charge is 2.34. The van der Waals surface area contributed by atoms with Crippen LogP contribution < -0.4 is 5.32 Å². The summed E-state index contributed by atoms with van der Waals surface area (Å²) in [6, 6.07) is 7.97. The van der Waals surface area contributed by atoms with Crippen molar-refractivity contribution in [2.75, 3.05) is 24.6 Å². The van der Waals surface area contributed by atoms with Crippen LogP contribution in [0.3, 0.4) is 0 Å². The van der Waals surface area contributed by atoms with E-state index < -0.39 is 9.84 Å². The average Bonchev–Trinajstić information content (AvgIpc) is 3.16. The molecule has 0 radical (unpaired) electrons. The molecule has 2 aromatic rings. The monoisotopic (exact) mass is 376 g/mol. The van der Waals surface area contributed by atoms with Crippen LogP contribution in [-0.4, -0.2) is 65.7 Å². The molecule has 8 heteroatoms. The van der Waals surface area contributed by atoms with Gasteiger partial charge in [-0.25, -0.2) is 8.42 Å². The number of piperidine rings is 1. The molecule has 4 rings (SSSR count). The van der Waals surface area contributed by atoms with E-state index >= 15 is 0 Å². The summed E-state index contributed by atoms with van der Waals surface area (Å²) in [5.74, 6) is 0.453. The number of nitrogens with zero attached hydrogens (tertiary/aromatic N) is 3. The normalized spacial score (nSPS) is 24.1. The van der Waals surface area contributed by atoms with Crippen LogP contribution >= 0.6 is 0 Å². The van der Waals surface area contributed by atoms with Crippen molar-refractivity contribution < 1.29 is 13.2 Å².